The molecule has 2 saturated heterocycles. The van der Waals surface area contributed by atoms with Crippen molar-refractivity contribution in [3.63, 3.8) is 0 Å². The van der Waals surface area contributed by atoms with E-state index >= 15 is 0 Å². The maximum Gasteiger partial charge on any atom is 0.408 e. The summed E-state index contributed by atoms with van der Waals surface area (Å²) in [5.41, 5.74) is 0.555. The average molecular weight is 713 g/mol. The van der Waals surface area contributed by atoms with Crippen molar-refractivity contribution < 1.29 is 42.3 Å². The minimum absolute atomic E-state index is 0.0397. The summed E-state index contributed by atoms with van der Waals surface area (Å²) in [6.07, 6.45) is -5.00. The van der Waals surface area contributed by atoms with Gasteiger partial charge in [-0.15, -0.1) is 0 Å². The zero-order chi connectivity index (χ0) is 35.8. The Hall–Kier alpha value is -5.18. The minimum Gasteiger partial charge on any atom is -0.465 e. The number of carboxylic acid groups (broad SMARTS) is 1. The molecule has 0 saturated carbocycles. The number of alkyl halides is 3. The van der Waals surface area contributed by atoms with E-state index in [0.29, 0.717) is 16.3 Å². The van der Waals surface area contributed by atoms with E-state index in [4.69, 9.17) is 11.6 Å². The molecule has 12 nitrogen and oxygen atoms in total. The number of benzene rings is 2. The predicted molar refractivity (Wildman–Crippen MR) is 172 cm³/mol. The summed E-state index contributed by atoms with van der Waals surface area (Å²) < 4.78 is 40.6. The van der Waals surface area contributed by atoms with Gasteiger partial charge in [0, 0.05) is 49.3 Å². The molecule has 0 spiro atoms. The van der Waals surface area contributed by atoms with Gasteiger partial charge in [-0.1, -0.05) is 54.1 Å². The molecule has 1 unspecified atom stereocenters. The number of amides is 6. The van der Waals surface area contributed by atoms with Gasteiger partial charge in [-0.3, -0.25) is 29.2 Å². The molecular weight excluding hydrogens is 681 g/mol. The molecule has 2 aromatic carbocycles. The van der Waals surface area contributed by atoms with Gasteiger partial charge in [-0.05, 0) is 41.0 Å². The molecule has 2 fully saturated rings. The summed E-state index contributed by atoms with van der Waals surface area (Å²) in [6.45, 7) is -2.70. The summed E-state index contributed by atoms with van der Waals surface area (Å²) in [5, 5.41) is 13.2. The van der Waals surface area contributed by atoms with Gasteiger partial charge in [-0.25, -0.2) is 9.59 Å². The number of imide groups is 1. The highest BCUT2D eigenvalue weighted by atomic mass is 35.5. The predicted octanol–water partition coefficient (Wildman–Crippen LogP) is 3.52. The number of carbonyl (C=O) groups excluding carboxylic acids is 4. The Morgan fingerprint density at radius 2 is 1.70 bits per heavy atom. The first-order valence-corrected chi connectivity index (χ1v) is 16.1. The van der Waals surface area contributed by atoms with Crippen LogP contribution >= 0.6 is 11.6 Å². The molecule has 3 aliphatic heterocycles. The van der Waals surface area contributed by atoms with Crippen LogP contribution in [0.5, 0.6) is 0 Å². The standard InChI is InChI=1S/C34H32ClF3N6O6/c35-24-10-8-21(9-11-24)15-26(40-28(45)27-16-22-5-1-2-6-23(22)18-42(27)32(49)50)29(46)41-13-14-44-31(48)43(20-34(36,37)38)30(47)33(44,19-41)17-25-7-3-4-12-39-25/h1-12,26-27H,13-20H2,(H,40,45)(H,49,50)/t26-,27-,33?/m1/s1. The first-order valence-electron chi connectivity index (χ1n) is 15.8. The van der Waals surface area contributed by atoms with Crippen molar-refractivity contribution in [2.24, 2.45) is 0 Å². The lowest BCUT2D eigenvalue weighted by Crippen LogP contribution is -2.67. The van der Waals surface area contributed by atoms with Gasteiger partial charge in [0.15, 0.2) is 0 Å². The van der Waals surface area contributed by atoms with Crippen LogP contribution in [0.4, 0.5) is 22.8 Å². The number of hydrogen-bond acceptors (Lipinski definition) is 6. The Kier molecular flexibility index (Phi) is 9.44. The average Bonchev–Trinajstić information content (AvgIpc) is 3.28. The number of hydrogen-bond donors (Lipinski definition) is 2. The third-order valence-electron chi connectivity index (χ3n) is 9.28. The molecule has 3 aliphatic rings. The number of halogens is 4. The van der Waals surface area contributed by atoms with E-state index in [1.165, 1.54) is 11.1 Å². The monoisotopic (exact) mass is 712 g/mol. The molecule has 3 aromatic rings. The normalized spacial score (nSPS) is 21.1. The number of pyridine rings is 1. The van der Waals surface area contributed by atoms with E-state index in [1.807, 2.05) is 0 Å². The number of fused-ring (bicyclic) bond motifs is 2. The lowest BCUT2D eigenvalue weighted by Gasteiger charge is -2.45. The van der Waals surface area contributed by atoms with Crippen molar-refractivity contribution in [3.8, 4) is 0 Å². The molecule has 3 atom stereocenters. The molecule has 1 aromatic heterocycles. The highest BCUT2D eigenvalue weighted by Crippen LogP contribution is 2.37. The van der Waals surface area contributed by atoms with Crippen LogP contribution < -0.4 is 5.32 Å². The Morgan fingerprint density at radius 3 is 2.36 bits per heavy atom. The number of aromatic nitrogens is 1. The van der Waals surface area contributed by atoms with E-state index in [9.17, 15) is 42.3 Å². The van der Waals surface area contributed by atoms with E-state index in [0.717, 1.165) is 20.9 Å². The van der Waals surface area contributed by atoms with Crippen LogP contribution in [-0.4, -0.2) is 110 Å². The zero-order valence-electron chi connectivity index (χ0n) is 26.5. The quantitative estimate of drug-likeness (QED) is 0.341. The number of nitrogens with one attached hydrogen (secondary N) is 1. The Balaban J connectivity index is 1.31. The van der Waals surface area contributed by atoms with E-state index in [-0.39, 0.29) is 43.8 Å². The number of piperazine rings is 1. The van der Waals surface area contributed by atoms with Crippen LogP contribution in [0.3, 0.4) is 0 Å². The Bertz CT molecular complexity index is 1810. The van der Waals surface area contributed by atoms with E-state index in [2.05, 4.69) is 10.3 Å². The summed E-state index contributed by atoms with van der Waals surface area (Å²) in [5.74, 6) is -2.50. The third-order valence-corrected chi connectivity index (χ3v) is 9.53. The SMILES string of the molecule is O=C(N[C@H](Cc1ccc(Cl)cc1)C(=O)N1CCN2C(=O)N(CC(F)(F)F)C(=O)C2(Cc2ccccn2)C1)[C@H]1Cc2ccccc2CN1C(=O)O. The van der Waals surface area contributed by atoms with Crippen LogP contribution in [0, 0.1) is 0 Å². The fourth-order valence-electron chi connectivity index (χ4n) is 6.90. The first kappa shape index (κ1) is 34.7. The maximum atomic E-state index is 14.4. The zero-order valence-corrected chi connectivity index (χ0v) is 27.2. The fourth-order valence-corrected chi connectivity index (χ4v) is 7.03. The second kappa shape index (κ2) is 13.6. The summed E-state index contributed by atoms with van der Waals surface area (Å²) in [4.78, 5) is 75.4. The summed E-state index contributed by atoms with van der Waals surface area (Å²) in [6, 6.07) is 14.9. The molecule has 16 heteroatoms. The van der Waals surface area contributed by atoms with Crippen molar-refractivity contribution in [1.29, 1.82) is 0 Å². The van der Waals surface area contributed by atoms with Gasteiger partial charge in [0.25, 0.3) is 5.91 Å². The lowest BCUT2D eigenvalue weighted by atomic mass is 9.88. The van der Waals surface area contributed by atoms with Gasteiger partial charge in [0.05, 0.1) is 13.1 Å². The van der Waals surface area contributed by atoms with Crippen molar-refractivity contribution in [1.82, 2.24) is 29.9 Å². The lowest BCUT2D eigenvalue weighted by molar-refractivity contribution is -0.157. The minimum atomic E-state index is -4.86. The van der Waals surface area contributed by atoms with Crippen LogP contribution in [0.15, 0.2) is 72.9 Å². The van der Waals surface area contributed by atoms with Crippen molar-refractivity contribution in [2.75, 3.05) is 26.2 Å². The highest BCUT2D eigenvalue weighted by Gasteiger charge is 2.61. The second-order valence-electron chi connectivity index (χ2n) is 12.5. The first-order chi connectivity index (χ1) is 23.8. The topological polar surface area (TPSA) is 143 Å². The molecule has 6 amide bonds. The van der Waals surface area contributed by atoms with Gasteiger partial charge < -0.3 is 20.2 Å². The molecule has 2 N–H and O–H groups in total. The smallest absolute Gasteiger partial charge is 0.408 e. The maximum absolute atomic E-state index is 14.4. The van der Waals surface area contributed by atoms with Crippen molar-refractivity contribution in [2.45, 2.75) is 49.6 Å². The van der Waals surface area contributed by atoms with Crippen molar-refractivity contribution >= 4 is 41.4 Å². The van der Waals surface area contributed by atoms with Gasteiger partial charge >= 0.3 is 18.3 Å². The molecule has 262 valence electrons. The highest BCUT2D eigenvalue weighted by molar-refractivity contribution is 6.30. The molecule has 0 aliphatic carbocycles. The van der Waals surface area contributed by atoms with Gasteiger partial charge in [-0.2, -0.15) is 13.2 Å². The largest absolute Gasteiger partial charge is 0.465 e. The Labute approximate surface area is 289 Å². The van der Waals surface area contributed by atoms with Crippen molar-refractivity contribution in [3.05, 3.63) is 100 Å². The molecule has 0 radical (unpaired) electrons. The number of nitrogens with zero attached hydrogens (tertiary/aromatic N) is 5. The molecule has 0 bridgehead atoms. The number of urea groups is 1. The fraction of sp³-hybridized carbons (Fsp3) is 0.353. The molecular formula is C34H32ClF3N6O6. The molecule has 50 heavy (non-hydrogen) atoms. The second-order valence-corrected chi connectivity index (χ2v) is 13.0. The number of rotatable bonds is 8. The summed E-state index contributed by atoms with van der Waals surface area (Å²) >= 11 is 6.07. The Morgan fingerprint density at radius 1 is 1.00 bits per heavy atom. The van der Waals surface area contributed by atoms with Crippen LogP contribution in [-0.2, 0) is 40.2 Å². The van der Waals surface area contributed by atoms with Gasteiger partial charge in [0.2, 0.25) is 11.8 Å². The van der Waals surface area contributed by atoms with Crippen LogP contribution in [0.25, 0.3) is 0 Å². The number of carbonyl (C=O) groups is 5. The third kappa shape index (κ3) is 6.95. The molecule has 6 rings (SSSR count). The van der Waals surface area contributed by atoms with Crippen LogP contribution in [0.1, 0.15) is 22.4 Å². The van der Waals surface area contributed by atoms with Crippen LogP contribution in [0.2, 0.25) is 5.02 Å². The van der Waals surface area contributed by atoms with E-state index < -0.39 is 66.7 Å². The van der Waals surface area contributed by atoms with E-state index in [1.54, 1.807) is 66.7 Å². The molecule has 4 heterocycles. The van der Waals surface area contributed by atoms with Gasteiger partial charge in [0.1, 0.15) is 24.2 Å². The summed E-state index contributed by atoms with van der Waals surface area (Å²) in [7, 11) is 0.